The van der Waals surface area contributed by atoms with Crippen LogP contribution in [0.1, 0.15) is 89.5 Å². The Bertz CT molecular complexity index is 921. The number of nitrogens with one attached hydrogen (secondary N) is 1. The Labute approximate surface area is 211 Å². The third kappa shape index (κ3) is 3.54. The van der Waals surface area contributed by atoms with Crippen molar-refractivity contribution in [1.82, 2.24) is 0 Å². The zero-order valence-corrected chi connectivity index (χ0v) is 23.7. The van der Waals surface area contributed by atoms with Gasteiger partial charge in [-0.1, -0.05) is 101 Å². The predicted molar refractivity (Wildman–Crippen MR) is 136 cm³/mol. The van der Waals surface area contributed by atoms with E-state index < -0.39 is 50.7 Å². The van der Waals surface area contributed by atoms with E-state index >= 15 is 0 Å². The smallest absolute Gasteiger partial charge is 0.238 e. The summed E-state index contributed by atoms with van der Waals surface area (Å²) in [4.78, 5) is 14.3. The molecule has 1 aromatic carbocycles. The number of benzene rings is 1. The van der Waals surface area contributed by atoms with Crippen molar-refractivity contribution < 1.29 is 23.7 Å². The lowest BCUT2D eigenvalue weighted by Gasteiger charge is -2.78. The summed E-state index contributed by atoms with van der Waals surface area (Å²) in [5.74, 6) is -5.75. The molecule has 6 nitrogen and oxygen atoms in total. The van der Waals surface area contributed by atoms with Crippen LogP contribution in [-0.2, 0) is 23.7 Å². The minimum Gasteiger partial charge on any atom is -0.325 e. The van der Waals surface area contributed by atoms with E-state index in [9.17, 15) is 4.79 Å². The lowest BCUT2D eigenvalue weighted by atomic mass is 9.59. The number of hydrogen-bond donors (Lipinski definition) is 1. The number of rotatable bonds is 2. The quantitative estimate of drug-likeness (QED) is 0.502. The number of carbonyl (C=O) groups is 1. The van der Waals surface area contributed by atoms with Crippen molar-refractivity contribution in [3.8, 4) is 0 Å². The van der Waals surface area contributed by atoms with Crippen molar-refractivity contribution in [2.45, 2.75) is 113 Å². The molecule has 0 spiro atoms. The van der Waals surface area contributed by atoms with E-state index in [1.54, 1.807) is 0 Å². The van der Waals surface area contributed by atoms with Crippen LogP contribution in [0.3, 0.4) is 0 Å². The van der Waals surface area contributed by atoms with Gasteiger partial charge >= 0.3 is 0 Å². The molecule has 4 aliphatic rings. The highest BCUT2D eigenvalue weighted by Gasteiger charge is 2.86. The van der Waals surface area contributed by atoms with Crippen LogP contribution in [0, 0.1) is 27.6 Å². The van der Waals surface area contributed by atoms with Crippen LogP contribution in [-0.4, -0.2) is 29.1 Å². The van der Waals surface area contributed by atoms with Gasteiger partial charge in [-0.25, -0.2) is 0 Å². The van der Waals surface area contributed by atoms with Crippen molar-refractivity contribution in [3.05, 3.63) is 30.3 Å². The number of para-hydroxylation sites is 1. The molecule has 0 unspecified atom stereocenters. The first-order valence-electron chi connectivity index (χ1n) is 12.8. The summed E-state index contributed by atoms with van der Waals surface area (Å²) >= 11 is 0. The lowest BCUT2D eigenvalue weighted by molar-refractivity contribution is -0.669. The Hall–Kier alpha value is -1.47. The molecule has 0 saturated carbocycles. The largest absolute Gasteiger partial charge is 0.325 e. The fraction of sp³-hybridized carbons (Fsp3) is 0.759. The standard InChI is InChI=1S/C29H45NO5/c1-22(2,3)26-18-27(23(4,5)6)34-28(32-26,24(7,8)9)20(29(33-26,35-27)25(10,11)12)21(31)30-19-16-14-13-15-17-19/h13-17,20H,18H2,1-12H3,(H,30,31). The normalized spacial score (nSPS) is 37.4. The molecule has 0 radical (unpaired) electrons. The van der Waals surface area contributed by atoms with Crippen molar-refractivity contribution in [1.29, 1.82) is 0 Å². The van der Waals surface area contributed by atoms with Gasteiger partial charge in [0.05, 0.1) is 6.42 Å². The molecule has 4 heterocycles. The first kappa shape index (κ1) is 26.6. The fourth-order valence-corrected chi connectivity index (χ4v) is 5.70. The van der Waals surface area contributed by atoms with Crippen molar-refractivity contribution >= 4 is 11.6 Å². The molecule has 35 heavy (non-hydrogen) atoms. The molecule has 4 bridgehead atoms. The van der Waals surface area contributed by atoms with E-state index in [0.717, 1.165) is 0 Å². The summed E-state index contributed by atoms with van der Waals surface area (Å²) in [7, 11) is 0. The maximum atomic E-state index is 14.3. The fourth-order valence-electron chi connectivity index (χ4n) is 5.70. The highest BCUT2D eigenvalue weighted by atomic mass is 16.9. The molecular formula is C29H45NO5. The second-order valence-electron chi connectivity index (χ2n) is 14.7. The van der Waals surface area contributed by atoms with E-state index in [0.29, 0.717) is 12.1 Å². The van der Waals surface area contributed by atoms with Crippen molar-refractivity contribution in [3.63, 3.8) is 0 Å². The topological polar surface area (TPSA) is 66.0 Å². The Morgan fingerprint density at radius 2 is 1.06 bits per heavy atom. The SMILES string of the molecule is CC(C)(C)C12CC3(C(C)(C)C)OC(C(C)(C)C)(O1)C(C(=O)Nc1ccccc1)C(C(C)(C)C)(O2)O3. The predicted octanol–water partition coefficient (Wildman–Crippen LogP) is 6.71. The summed E-state index contributed by atoms with van der Waals surface area (Å²) < 4.78 is 28.2. The van der Waals surface area contributed by atoms with E-state index in [-0.39, 0.29) is 5.91 Å². The summed E-state index contributed by atoms with van der Waals surface area (Å²) in [5, 5.41) is 3.11. The number of anilines is 1. The number of carbonyl (C=O) groups excluding carboxylic acids is 1. The molecule has 4 fully saturated rings. The van der Waals surface area contributed by atoms with Crippen LogP contribution in [0.4, 0.5) is 5.69 Å². The van der Waals surface area contributed by atoms with Gasteiger partial charge in [0.1, 0.15) is 5.92 Å². The van der Waals surface area contributed by atoms with E-state index in [1.165, 1.54) is 0 Å². The van der Waals surface area contributed by atoms with Crippen LogP contribution in [0.2, 0.25) is 0 Å². The summed E-state index contributed by atoms with van der Waals surface area (Å²) in [6.45, 7) is 25.2. The van der Waals surface area contributed by atoms with Crippen LogP contribution in [0.5, 0.6) is 0 Å². The van der Waals surface area contributed by atoms with Gasteiger partial charge in [-0.3, -0.25) is 4.79 Å². The van der Waals surface area contributed by atoms with Crippen LogP contribution >= 0.6 is 0 Å². The van der Waals surface area contributed by atoms with E-state index in [4.69, 9.17) is 18.9 Å². The van der Waals surface area contributed by atoms with Gasteiger partial charge in [-0.2, -0.15) is 0 Å². The van der Waals surface area contributed by atoms with E-state index in [1.807, 2.05) is 30.3 Å². The number of ether oxygens (including phenoxy) is 4. The van der Waals surface area contributed by atoms with Crippen LogP contribution in [0.15, 0.2) is 30.3 Å². The van der Waals surface area contributed by atoms with Crippen LogP contribution < -0.4 is 5.32 Å². The summed E-state index contributed by atoms with van der Waals surface area (Å²) in [6, 6.07) is 9.46. The zero-order valence-electron chi connectivity index (χ0n) is 23.7. The third-order valence-corrected chi connectivity index (χ3v) is 8.17. The van der Waals surface area contributed by atoms with Gasteiger partial charge in [0.25, 0.3) is 0 Å². The molecule has 196 valence electrons. The Kier molecular flexibility index (Phi) is 5.55. The molecule has 1 amide bonds. The van der Waals surface area contributed by atoms with Gasteiger partial charge < -0.3 is 24.3 Å². The molecule has 0 aromatic heterocycles. The Balaban J connectivity index is 2.02. The molecule has 6 heteroatoms. The monoisotopic (exact) mass is 487 g/mol. The van der Waals surface area contributed by atoms with Crippen molar-refractivity contribution in [2.24, 2.45) is 27.6 Å². The molecule has 0 aliphatic carbocycles. The molecule has 1 N–H and O–H groups in total. The van der Waals surface area contributed by atoms with E-state index in [2.05, 4.69) is 88.4 Å². The second-order valence-corrected chi connectivity index (χ2v) is 14.7. The first-order valence-corrected chi connectivity index (χ1v) is 12.8. The second kappa shape index (κ2) is 7.31. The summed E-state index contributed by atoms with van der Waals surface area (Å²) in [5.41, 5.74) is -1.28. The average molecular weight is 488 g/mol. The van der Waals surface area contributed by atoms with Gasteiger partial charge in [0, 0.05) is 27.3 Å². The minimum atomic E-state index is -1.30. The molecule has 0 atom stereocenters. The third-order valence-electron chi connectivity index (χ3n) is 8.17. The summed E-state index contributed by atoms with van der Waals surface area (Å²) in [6.07, 6.45) is 0.412. The molecular weight excluding hydrogens is 442 g/mol. The van der Waals surface area contributed by atoms with Gasteiger partial charge in [-0.15, -0.1) is 0 Å². The maximum absolute atomic E-state index is 14.3. The number of amides is 1. The Morgan fingerprint density at radius 3 is 1.37 bits per heavy atom. The number of hydrogen-bond acceptors (Lipinski definition) is 5. The van der Waals surface area contributed by atoms with Gasteiger partial charge in [0.15, 0.2) is 23.1 Å². The minimum absolute atomic E-state index is 0.243. The van der Waals surface area contributed by atoms with Gasteiger partial charge in [-0.05, 0) is 12.1 Å². The highest BCUT2D eigenvalue weighted by molar-refractivity contribution is 5.94. The van der Waals surface area contributed by atoms with Gasteiger partial charge in [0.2, 0.25) is 5.91 Å². The first-order chi connectivity index (χ1) is 15.7. The van der Waals surface area contributed by atoms with Crippen molar-refractivity contribution in [2.75, 3.05) is 5.32 Å². The average Bonchev–Trinajstić information content (AvgIpc) is 2.64. The molecule has 4 aliphatic heterocycles. The highest BCUT2D eigenvalue weighted by Crippen LogP contribution is 2.73. The molecule has 5 rings (SSSR count). The zero-order chi connectivity index (χ0) is 26.5. The Morgan fingerprint density at radius 1 is 0.686 bits per heavy atom. The van der Waals surface area contributed by atoms with Crippen LogP contribution in [0.25, 0.3) is 0 Å². The molecule has 1 aromatic rings. The maximum Gasteiger partial charge on any atom is 0.238 e. The molecule has 4 saturated heterocycles. The lowest BCUT2D eigenvalue weighted by Crippen LogP contribution is -2.90.